The molecule has 0 bridgehead atoms. The third-order valence-corrected chi connectivity index (χ3v) is 4.71. The maximum absolute atomic E-state index is 12.8. The summed E-state index contributed by atoms with van der Waals surface area (Å²) in [5.74, 6) is -0.720. The minimum Gasteiger partial charge on any atom is -0.456 e. The van der Waals surface area contributed by atoms with E-state index in [0.717, 1.165) is 18.2 Å². The Morgan fingerprint density at radius 3 is 2.21 bits per heavy atom. The summed E-state index contributed by atoms with van der Waals surface area (Å²) in [6.07, 6.45) is -6.75. The van der Waals surface area contributed by atoms with Crippen LogP contribution in [0.3, 0.4) is 0 Å². The fraction of sp³-hybridized carbons (Fsp3) is 0.409. The summed E-state index contributed by atoms with van der Waals surface area (Å²) in [5.41, 5.74) is -0.952. The van der Waals surface area contributed by atoms with Crippen molar-refractivity contribution < 1.29 is 41.7 Å². The number of rotatable bonds is 10. The van der Waals surface area contributed by atoms with Gasteiger partial charge in [0.1, 0.15) is 11.5 Å². The van der Waals surface area contributed by atoms with Crippen molar-refractivity contribution in [3.63, 3.8) is 0 Å². The molecule has 0 aliphatic rings. The van der Waals surface area contributed by atoms with Crippen molar-refractivity contribution in [3.8, 4) is 11.5 Å². The van der Waals surface area contributed by atoms with Crippen LogP contribution < -0.4 is 4.74 Å². The molecule has 0 amide bonds. The van der Waals surface area contributed by atoms with Gasteiger partial charge in [0, 0.05) is 6.61 Å². The summed E-state index contributed by atoms with van der Waals surface area (Å²) in [6, 6.07) is 6.75. The van der Waals surface area contributed by atoms with Gasteiger partial charge in [0.2, 0.25) is 6.29 Å². The van der Waals surface area contributed by atoms with E-state index in [1.54, 1.807) is 13.8 Å². The molecule has 0 saturated carbocycles. The molecular weight excluding hydrogens is 488 g/mol. The Morgan fingerprint density at radius 1 is 0.939 bits per heavy atom. The molecule has 0 heterocycles. The molecule has 3 unspecified atom stereocenters. The molecule has 0 fully saturated rings. The van der Waals surface area contributed by atoms with Crippen LogP contribution in [0.15, 0.2) is 36.4 Å². The normalized spacial score (nSPS) is 14.5. The number of hydrogen-bond donors (Lipinski definition) is 0. The molecule has 2 aromatic carbocycles. The summed E-state index contributed by atoms with van der Waals surface area (Å²) in [7, 11) is 0. The molecule has 2 rings (SSSR count). The van der Waals surface area contributed by atoms with Gasteiger partial charge >= 0.3 is 12.1 Å². The molecule has 182 valence electrons. The first-order valence-electron chi connectivity index (χ1n) is 9.88. The van der Waals surface area contributed by atoms with E-state index in [-0.39, 0.29) is 27.1 Å². The summed E-state index contributed by atoms with van der Waals surface area (Å²) >= 11 is 12.0. The zero-order valence-electron chi connectivity index (χ0n) is 18.2. The van der Waals surface area contributed by atoms with E-state index in [1.165, 1.54) is 25.1 Å². The first-order valence-corrected chi connectivity index (χ1v) is 10.6. The van der Waals surface area contributed by atoms with E-state index in [4.69, 9.17) is 46.9 Å². The molecule has 0 saturated heterocycles. The van der Waals surface area contributed by atoms with Crippen LogP contribution in [0.1, 0.15) is 43.6 Å². The third-order valence-electron chi connectivity index (χ3n) is 4.09. The van der Waals surface area contributed by atoms with Crippen LogP contribution in [0.25, 0.3) is 0 Å². The molecule has 2 aromatic rings. The van der Waals surface area contributed by atoms with E-state index in [1.807, 2.05) is 6.92 Å². The Balaban J connectivity index is 2.06. The average Bonchev–Trinajstić information content (AvgIpc) is 2.69. The highest BCUT2D eigenvalue weighted by molar-refractivity contribution is 6.33. The number of hydrogen-bond acceptors (Lipinski definition) is 6. The molecule has 0 spiro atoms. The maximum Gasteiger partial charge on any atom is 0.416 e. The topological polar surface area (TPSA) is 63.2 Å². The van der Waals surface area contributed by atoms with Gasteiger partial charge in [-0.25, -0.2) is 4.79 Å². The minimum atomic E-state index is -4.54. The van der Waals surface area contributed by atoms with E-state index in [0.29, 0.717) is 6.61 Å². The van der Waals surface area contributed by atoms with Crippen LogP contribution in [0.2, 0.25) is 10.0 Å². The number of halogens is 5. The fourth-order valence-electron chi connectivity index (χ4n) is 2.70. The van der Waals surface area contributed by atoms with Gasteiger partial charge in [-0.2, -0.15) is 13.2 Å². The van der Waals surface area contributed by atoms with Crippen LogP contribution in [0.5, 0.6) is 11.5 Å². The lowest BCUT2D eigenvalue weighted by Gasteiger charge is -2.22. The quantitative estimate of drug-likeness (QED) is 0.251. The predicted molar refractivity (Wildman–Crippen MR) is 116 cm³/mol. The second-order valence-electron chi connectivity index (χ2n) is 6.72. The van der Waals surface area contributed by atoms with E-state index >= 15 is 0 Å². The van der Waals surface area contributed by atoms with Crippen LogP contribution in [0.4, 0.5) is 13.2 Å². The maximum atomic E-state index is 12.8. The Kier molecular flexibility index (Phi) is 9.81. The highest BCUT2D eigenvalue weighted by Gasteiger charge is 2.31. The van der Waals surface area contributed by atoms with Gasteiger partial charge in [-0.3, -0.25) is 0 Å². The van der Waals surface area contributed by atoms with Crippen molar-refractivity contribution in [2.45, 2.75) is 52.7 Å². The zero-order chi connectivity index (χ0) is 24.8. The smallest absolute Gasteiger partial charge is 0.416 e. The van der Waals surface area contributed by atoms with Crippen molar-refractivity contribution >= 4 is 29.2 Å². The van der Waals surface area contributed by atoms with E-state index in [2.05, 4.69) is 0 Å². The van der Waals surface area contributed by atoms with Gasteiger partial charge in [0.15, 0.2) is 12.6 Å². The molecule has 0 aromatic heterocycles. The SMILES string of the molecule is CCOC(C)OC(C)OC(C)OC(=O)c1cc(Oc2ccc(C(F)(F)F)cc2Cl)ccc1Cl. The average molecular weight is 511 g/mol. The Morgan fingerprint density at radius 2 is 1.61 bits per heavy atom. The van der Waals surface area contributed by atoms with Crippen molar-refractivity contribution in [1.82, 2.24) is 0 Å². The van der Waals surface area contributed by atoms with Crippen molar-refractivity contribution in [2.75, 3.05) is 6.61 Å². The minimum absolute atomic E-state index is 0.0302. The molecule has 3 atom stereocenters. The number of benzene rings is 2. The highest BCUT2D eigenvalue weighted by atomic mass is 35.5. The monoisotopic (exact) mass is 510 g/mol. The van der Waals surface area contributed by atoms with Crippen LogP contribution in [0, 0.1) is 0 Å². The van der Waals surface area contributed by atoms with Crippen molar-refractivity contribution in [2.24, 2.45) is 0 Å². The number of ether oxygens (including phenoxy) is 5. The fourth-order valence-corrected chi connectivity index (χ4v) is 3.11. The molecular formula is C22H23Cl2F3O6. The Bertz CT molecular complexity index is 954. The lowest BCUT2D eigenvalue weighted by molar-refractivity contribution is -0.268. The van der Waals surface area contributed by atoms with Gasteiger partial charge in [0.05, 0.1) is 21.2 Å². The summed E-state index contributed by atoms with van der Waals surface area (Å²) < 4.78 is 65.3. The summed E-state index contributed by atoms with van der Waals surface area (Å²) in [5, 5.41) is -0.173. The first kappa shape index (κ1) is 27.2. The molecule has 0 N–H and O–H groups in total. The molecule has 0 radical (unpaired) electrons. The highest BCUT2D eigenvalue weighted by Crippen LogP contribution is 2.37. The van der Waals surface area contributed by atoms with Crippen molar-refractivity contribution in [3.05, 3.63) is 57.6 Å². The Labute approximate surface area is 199 Å². The van der Waals surface area contributed by atoms with E-state index in [9.17, 15) is 18.0 Å². The van der Waals surface area contributed by atoms with Crippen molar-refractivity contribution in [1.29, 1.82) is 0 Å². The van der Waals surface area contributed by atoms with Crippen LogP contribution in [-0.2, 0) is 25.1 Å². The molecule has 33 heavy (non-hydrogen) atoms. The number of esters is 1. The summed E-state index contributed by atoms with van der Waals surface area (Å²) in [6.45, 7) is 7.11. The molecule has 11 heteroatoms. The number of carbonyl (C=O) groups is 1. The molecule has 6 nitrogen and oxygen atoms in total. The second-order valence-corrected chi connectivity index (χ2v) is 7.54. The number of carbonyl (C=O) groups excluding carboxylic acids is 1. The number of alkyl halides is 3. The zero-order valence-corrected chi connectivity index (χ0v) is 19.8. The largest absolute Gasteiger partial charge is 0.456 e. The van der Waals surface area contributed by atoms with Gasteiger partial charge < -0.3 is 23.7 Å². The van der Waals surface area contributed by atoms with Crippen LogP contribution >= 0.6 is 23.2 Å². The van der Waals surface area contributed by atoms with Gasteiger partial charge in [-0.05, 0) is 64.1 Å². The predicted octanol–water partition coefficient (Wildman–Crippen LogP) is 7.07. The first-order chi connectivity index (χ1) is 15.4. The van der Waals surface area contributed by atoms with Gasteiger partial charge in [-0.1, -0.05) is 23.2 Å². The second kappa shape index (κ2) is 11.9. The molecule has 0 aliphatic carbocycles. The van der Waals surface area contributed by atoms with E-state index < -0.39 is 36.6 Å². The third kappa shape index (κ3) is 8.35. The van der Waals surface area contributed by atoms with Crippen LogP contribution in [-0.4, -0.2) is 31.4 Å². The standard InChI is InChI=1S/C22H23Cl2F3O6/c1-5-29-12(2)30-13(3)31-14(4)32-21(28)17-11-16(7-8-18(17)23)33-20-9-6-15(10-19(20)24)22(25,26)27/h6-14H,5H2,1-4H3. The lowest BCUT2D eigenvalue weighted by Crippen LogP contribution is -2.28. The van der Waals surface area contributed by atoms with Gasteiger partial charge in [-0.15, -0.1) is 0 Å². The molecule has 0 aliphatic heterocycles. The summed E-state index contributed by atoms with van der Waals surface area (Å²) in [4.78, 5) is 12.5. The Hall–Kier alpha value is -2.04. The van der Waals surface area contributed by atoms with Gasteiger partial charge in [0.25, 0.3) is 0 Å². The lowest BCUT2D eigenvalue weighted by atomic mass is 10.2.